The van der Waals surface area contributed by atoms with Crippen molar-refractivity contribution >= 4 is 5.91 Å². The normalized spacial score (nSPS) is 8.69. The van der Waals surface area contributed by atoms with Gasteiger partial charge in [0.1, 0.15) is 0 Å². The summed E-state index contributed by atoms with van der Waals surface area (Å²) in [5.74, 6) is 0.251. The molecule has 0 saturated heterocycles. The van der Waals surface area contributed by atoms with Gasteiger partial charge in [-0.15, -0.1) is 0 Å². The van der Waals surface area contributed by atoms with Crippen LogP contribution in [0.2, 0.25) is 0 Å². The van der Waals surface area contributed by atoms with E-state index in [-0.39, 0.29) is 5.91 Å². The first kappa shape index (κ1) is 15.0. The Kier molecular flexibility index (Phi) is 13.2. The van der Waals surface area contributed by atoms with Crippen molar-refractivity contribution in [3.63, 3.8) is 0 Å². The van der Waals surface area contributed by atoms with Crippen molar-refractivity contribution in [2.75, 3.05) is 14.1 Å². The highest BCUT2D eigenvalue weighted by Crippen LogP contribution is 2.03. The van der Waals surface area contributed by atoms with Gasteiger partial charge in [-0.2, -0.15) is 0 Å². The average molecular weight is 187 g/mol. The molecular formula is C11H25NO. The van der Waals surface area contributed by atoms with Crippen molar-refractivity contribution < 1.29 is 4.79 Å². The van der Waals surface area contributed by atoms with Crippen LogP contribution in [0, 0.1) is 0 Å². The van der Waals surface area contributed by atoms with Crippen LogP contribution in [0.3, 0.4) is 0 Å². The summed E-state index contributed by atoms with van der Waals surface area (Å²) < 4.78 is 0. The van der Waals surface area contributed by atoms with Crippen LogP contribution in [0.1, 0.15) is 52.9 Å². The molecule has 0 saturated carbocycles. The Bertz CT molecular complexity index is 111. The van der Waals surface area contributed by atoms with Crippen LogP contribution in [0.4, 0.5) is 0 Å². The lowest BCUT2D eigenvalue weighted by Crippen LogP contribution is -2.20. The van der Waals surface area contributed by atoms with Gasteiger partial charge in [0.15, 0.2) is 0 Å². The fourth-order valence-electron chi connectivity index (χ4n) is 0.927. The third kappa shape index (κ3) is 11.5. The summed E-state index contributed by atoms with van der Waals surface area (Å²) in [5.41, 5.74) is 0. The summed E-state index contributed by atoms with van der Waals surface area (Å²) in [7, 11) is 3.62. The maximum atomic E-state index is 11.0. The Morgan fingerprint density at radius 1 is 1.08 bits per heavy atom. The molecule has 0 bridgehead atoms. The molecule has 0 rings (SSSR count). The molecule has 0 heterocycles. The molecule has 0 unspecified atom stereocenters. The predicted molar refractivity (Wildman–Crippen MR) is 58.8 cm³/mol. The molecule has 2 nitrogen and oxygen atoms in total. The van der Waals surface area contributed by atoms with E-state index in [2.05, 4.69) is 6.92 Å². The molecule has 0 aliphatic heterocycles. The largest absolute Gasteiger partial charge is 0.349 e. The van der Waals surface area contributed by atoms with Gasteiger partial charge in [-0.3, -0.25) is 4.79 Å². The number of carbonyl (C=O) groups excluding carboxylic acids is 1. The lowest BCUT2D eigenvalue weighted by Gasteiger charge is -2.08. The van der Waals surface area contributed by atoms with Gasteiger partial charge in [-0.1, -0.05) is 40.0 Å². The summed E-state index contributed by atoms with van der Waals surface area (Å²) in [4.78, 5) is 12.7. The predicted octanol–water partition coefficient (Wildman–Crippen LogP) is 3.07. The van der Waals surface area contributed by atoms with Crippen molar-refractivity contribution in [2.45, 2.75) is 52.9 Å². The first-order valence-electron chi connectivity index (χ1n) is 5.38. The van der Waals surface area contributed by atoms with Gasteiger partial charge in [0.05, 0.1) is 0 Å². The van der Waals surface area contributed by atoms with Crippen LogP contribution in [-0.2, 0) is 4.79 Å². The quantitative estimate of drug-likeness (QED) is 0.606. The summed E-state index contributed by atoms with van der Waals surface area (Å²) in [6, 6.07) is 0. The van der Waals surface area contributed by atoms with Gasteiger partial charge >= 0.3 is 0 Å². The fraction of sp³-hybridized carbons (Fsp3) is 0.909. The van der Waals surface area contributed by atoms with Crippen molar-refractivity contribution in [3.8, 4) is 0 Å². The van der Waals surface area contributed by atoms with E-state index in [4.69, 9.17) is 0 Å². The molecule has 0 fully saturated rings. The Balaban J connectivity index is 0. The highest BCUT2D eigenvalue weighted by Gasteiger charge is 2.01. The lowest BCUT2D eigenvalue weighted by atomic mass is 10.1. The van der Waals surface area contributed by atoms with Crippen LogP contribution in [0.25, 0.3) is 0 Å². The maximum Gasteiger partial charge on any atom is 0.222 e. The molecule has 13 heavy (non-hydrogen) atoms. The van der Waals surface area contributed by atoms with E-state index in [0.29, 0.717) is 6.42 Å². The summed E-state index contributed by atoms with van der Waals surface area (Å²) >= 11 is 0. The van der Waals surface area contributed by atoms with Crippen LogP contribution in [0.15, 0.2) is 0 Å². The third-order valence-corrected chi connectivity index (χ3v) is 1.74. The van der Waals surface area contributed by atoms with Crippen molar-refractivity contribution in [1.29, 1.82) is 0 Å². The zero-order valence-electron chi connectivity index (χ0n) is 9.89. The number of hydrogen-bond acceptors (Lipinski definition) is 1. The lowest BCUT2D eigenvalue weighted by molar-refractivity contribution is -0.128. The van der Waals surface area contributed by atoms with Gasteiger partial charge in [0.25, 0.3) is 0 Å². The van der Waals surface area contributed by atoms with Crippen LogP contribution >= 0.6 is 0 Å². The van der Waals surface area contributed by atoms with E-state index in [1.54, 1.807) is 4.90 Å². The molecule has 0 aromatic rings. The van der Waals surface area contributed by atoms with Crippen LogP contribution in [0.5, 0.6) is 0 Å². The monoisotopic (exact) mass is 187 g/mol. The van der Waals surface area contributed by atoms with Crippen LogP contribution < -0.4 is 0 Å². The summed E-state index contributed by atoms with van der Waals surface area (Å²) in [6.07, 6.45) is 5.44. The Hall–Kier alpha value is -0.530. The van der Waals surface area contributed by atoms with E-state index in [9.17, 15) is 4.79 Å². The molecule has 1 amide bonds. The molecule has 0 spiro atoms. The first-order valence-corrected chi connectivity index (χ1v) is 5.38. The number of hydrogen-bond donors (Lipinski definition) is 0. The second kappa shape index (κ2) is 11.5. The van der Waals surface area contributed by atoms with Crippen LogP contribution in [-0.4, -0.2) is 24.9 Å². The summed E-state index contributed by atoms with van der Waals surface area (Å²) in [6.45, 7) is 6.17. The minimum Gasteiger partial charge on any atom is -0.349 e. The Labute approximate surface area is 83.3 Å². The molecular weight excluding hydrogens is 162 g/mol. The molecule has 0 aromatic carbocycles. The third-order valence-electron chi connectivity index (χ3n) is 1.74. The van der Waals surface area contributed by atoms with Gasteiger partial charge in [0.2, 0.25) is 5.91 Å². The van der Waals surface area contributed by atoms with Crippen molar-refractivity contribution in [2.24, 2.45) is 0 Å². The van der Waals surface area contributed by atoms with E-state index in [1.165, 1.54) is 19.3 Å². The van der Waals surface area contributed by atoms with Gasteiger partial charge in [-0.25, -0.2) is 0 Å². The summed E-state index contributed by atoms with van der Waals surface area (Å²) in [5, 5.41) is 0. The Morgan fingerprint density at radius 2 is 1.62 bits per heavy atom. The molecule has 0 radical (unpaired) electrons. The Morgan fingerprint density at radius 3 is 2.00 bits per heavy atom. The fourth-order valence-corrected chi connectivity index (χ4v) is 0.927. The smallest absolute Gasteiger partial charge is 0.222 e. The molecule has 0 N–H and O–H groups in total. The van der Waals surface area contributed by atoms with Crippen molar-refractivity contribution in [1.82, 2.24) is 4.90 Å². The highest BCUT2D eigenvalue weighted by atomic mass is 16.2. The topological polar surface area (TPSA) is 20.3 Å². The van der Waals surface area contributed by atoms with E-state index in [1.807, 2.05) is 27.9 Å². The minimum atomic E-state index is 0.251. The number of amides is 1. The first-order chi connectivity index (χ1) is 6.18. The maximum absolute atomic E-state index is 11.0. The number of rotatable bonds is 5. The van der Waals surface area contributed by atoms with Gasteiger partial charge in [0, 0.05) is 20.5 Å². The second-order valence-corrected chi connectivity index (χ2v) is 3.10. The number of nitrogens with zero attached hydrogens (tertiary/aromatic N) is 1. The highest BCUT2D eigenvalue weighted by molar-refractivity contribution is 5.75. The molecule has 0 aliphatic carbocycles. The molecule has 0 atom stereocenters. The van der Waals surface area contributed by atoms with Gasteiger partial charge < -0.3 is 4.90 Å². The molecule has 2 heteroatoms. The SMILES string of the molecule is CC.CCCCCCC(=O)N(C)C. The standard InChI is InChI=1S/C9H19NO.C2H6/c1-4-5-6-7-8-9(11)10(2)3;1-2/h4-8H2,1-3H3;1-2H3. The minimum absolute atomic E-state index is 0.251. The van der Waals surface area contributed by atoms with E-state index >= 15 is 0 Å². The average Bonchev–Trinajstić information content (AvgIpc) is 2.15. The second-order valence-electron chi connectivity index (χ2n) is 3.10. The van der Waals surface area contributed by atoms with E-state index in [0.717, 1.165) is 6.42 Å². The van der Waals surface area contributed by atoms with Gasteiger partial charge in [-0.05, 0) is 6.42 Å². The zero-order chi connectivity index (χ0) is 10.7. The van der Waals surface area contributed by atoms with E-state index < -0.39 is 0 Å². The molecule has 0 aliphatic rings. The number of unbranched alkanes of at least 4 members (excludes halogenated alkanes) is 3. The molecule has 80 valence electrons. The van der Waals surface area contributed by atoms with Crippen molar-refractivity contribution in [3.05, 3.63) is 0 Å². The number of carbonyl (C=O) groups is 1. The molecule has 0 aromatic heterocycles. The zero-order valence-corrected chi connectivity index (χ0v) is 9.89.